The van der Waals surface area contributed by atoms with Crippen molar-refractivity contribution in [2.45, 2.75) is 18.9 Å². The zero-order chi connectivity index (χ0) is 13.8. The molecule has 0 saturated carbocycles. The van der Waals surface area contributed by atoms with Crippen molar-refractivity contribution >= 4 is 29.0 Å². The fraction of sp³-hybridized carbons (Fsp3) is 0.417. The summed E-state index contributed by atoms with van der Waals surface area (Å²) in [6.07, 6.45) is 1.97. The Labute approximate surface area is 114 Å². The van der Waals surface area contributed by atoms with E-state index in [0.29, 0.717) is 5.69 Å². The maximum Gasteiger partial charge on any atom is 0.293 e. The van der Waals surface area contributed by atoms with E-state index in [2.05, 4.69) is 5.32 Å². The predicted octanol–water partition coefficient (Wildman–Crippen LogP) is 2.00. The number of nitrogens with two attached hydrogens (primary N) is 1. The third-order valence-corrected chi connectivity index (χ3v) is 4.11. The van der Waals surface area contributed by atoms with Gasteiger partial charge in [-0.2, -0.15) is 11.8 Å². The van der Waals surface area contributed by atoms with Gasteiger partial charge in [0.15, 0.2) is 0 Å². The minimum atomic E-state index is -0.663. The lowest BCUT2D eigenvalue weighted by Gasteiger charge is -2.23. The number of carbonyl (C=O) groups is 1. The van der Waals surface area contributed by atoms with Crippen LogP contribution in [-0.4, -0.2) is 28.4 Å². The number of amides is 1. The number of carbonyl (C=O) groups excluding carboxylic acids is 1. The van der Waals surface area contributed by atoms with Crippen molar-refractivity contribution in [3.05, 3.63) is 33.9 Å². The van der Waals surface area contributed by atoms with E-state index >= 15 is 0 Å². The lowest BCUT2D eigenvalue weighted by atomic mass is 10.1. The lowest BCUT2D eigenvalue weighted by molar-refractivity contribution is -0.384. The Balaban J connectivity index is 2.23. The average Bonchev–Trinajstić information content (AvgIpc) is 2.39. The molecule has 0 aromatic heterocycles. The Morgan fingerprint density at radius 2 is 2.11 bits per heavy atom. The molecule has 1 heterocycles. The minimum Gasteiger partial charge on any atom is -0.377 e. The Bertz CT molecular complexity index is 501. The van der Waals surface area contributed by atoms with E-state index < -0.39 is 10.8 Å². The molecule has 0 bridgehead atoms. The predicted molar refractivity (Wildman–Crippen MR) is 75.6 cm³/mol. The number of nitro groups is 1. The smallest absolute Gasteiger partial charge is 0.293 e. The van der Waals surface area contributed by atoms with Gasteiger partial charge in [0, 0.05) is 17.7 Å². The molecular weight excluding hydrogens is 266 g/mol. The van der Waals surface area contributed by atoms with E-state index in [0.717, 1.165) is 24.3 Å². The van der Waals surface area contributed by atoms with Crippen LogP contribution in [0.25, 0.3) is 0 Å². The van der Waals surface area contributed by atoms with E-state index in [9.17, 15) is 14.9 Å². The molecule has 1 aliphatic rings. The van der Waals surface area contributed by atoms with Crippen molar-refractivity contribution in [1.82, 2.24) is 0 Å². The number of nitrogens with zero attached hydrogens (tertiary/aromatic N) is 1. The van der Waals surface area contributed by atoms with Crippen LogP contribution in [0.5, 0.6) is 0 Å². The van der Waals surface area contributed by atoms with Gasteiger partial charge in [-0.15, -0.1) is 0 Å². The van der Waals surface area contributed by atoms with E-state index in [1.807, 2.05) is 11.8 Å². The molecule has 0 aliphatic carbocycles. The number of thioether (sulfide) groups is 1. The van der Waals surface area contributed by atoms with Crippen LogP contribution in [0.15, 0.2) is 18.2 Å². The minimum absolute atomic E-state index is 0.102. The third kappa shape index (κ3) is 3.37. The van der Waals surface area contributed by atoms with Gasteiger partial charge in [-0.25, -0.2) is 0 Å². The Hall–Kier alpha value is -1.76. The quantitative estimate of drug-likeness (QED) is 0.649. The monoisotopic (exact) mass is 281 g/mol. The molecule has 0 radical (unpaired) electrons. The molecule has 1 aliphatic heterocycles. The van der Waals surface area contributed by atoms with Gasteiger partial charge in [-0.1, -0.05) is 0 Å². The summed E-state index contributed by atoms with van der Waals surface area (Å²) in [7, 11) is 0. The molecule has 1 amide bonds. The largest absolute Gasteiger partial charge is 0.377 e. The highest BCUT2D eigenvalue weighted by Crippen LogP contribution is 2.28. The number of benzene rings is 1. The van der Waals surface area contributed by atoms with Gasteiger partial charge in [0.05, 0.1) is 4.92 Å². The maximum absolute atomic E-state index is 11.1. The summed E-state index contributed by atoms with van der Waals surface area (Å²) in [5.74, 6) is 1.46. The lowest BCUT2D eigenvalue weighted by Crippen LogP contribution is -2.25. The number of anilines is 1. The third-order valence-electron chi connectivity index (χ3n) is 3.06. The zero-order valence-corrected chi connectivity index (χ0v) is 11.1. The van der Waals surface area contributed by atoms with Gasteiger partial charge in [0.1, 0.15) is 5.69 Å². The van der Waals surface area contributed by atoms with Crippen molar-refractivity contribution in [2.75, 3.05) is 16.8 Å². The van der Waals surface area contributed by atoms with Crippen LogP contribution in [0.3, 0.4) is 0 Å². The van der Waals surface area contributed by atoms with Crippen molar-refractivity contribution in [3.8, 4) is 0 Å². The highest BCUT2D eigenvalue weighted by atomic mass is 32.2. The van der Waals surface area contributed by atoms with Crippen LogP contribution < -0.4 is 11.1 Å². The molecule has 1 aromatic rings. The maximum atomic E-state index is 11.1. The van der Waals surface area contributed by atoms with Crippen LogP contribution in [0.2, 0.25) is 0 Å². The second-order valence-electron chi connectivity index (χ2n) is 4.38. The first-order chi connectivity index (χ1) is 9.08. The first-order valence-corrected chi connectivity index (χ1v) is 7.16. The molecule has 1 saturated heterocycles. The molecule has 2 rings (SSSR count). The summed E-state index contributed by atoms with van der Waals surface area (Å²) in [5.41, 5.74) is 5.63. The first kappa shape index (κ1) is 13.7. The summed E-state index contributed by atoms with van der Waals surface area (Å²) >= 11 is 1.89. The Morgan fingerprint density at radius 1 is 1.42 bits per heavy atom. The molecule has 6 nitrogen and oxygen atoms in total. The van der Waals surface area contributed by atoms with Crippen molar-refractivity contribution in [2.24, 2.45) is 5.73 Å². The highest BCUT2D eigenvalue weighted by molar-refractivity contribution is 7.99. The number of hydrogen-bond acceptors (Lipinski definition) is 5. The molecule has 0 atom stereocenters. The number of rotatable bonds is 4. The summed E-state index contributed by atoms with van der Waals surface area (Å²) in [4.78, 5) is 21.6. The zero-order valence-electron chi connectivity index (χ0n) is 10.3. The molecule has 19 heavy (non-hydrogen) atoms. The molecule has 3 N–H and O–H groups in total. The Morgan fingerprint density at radius 3 is 2.68 bits per heavy atom. The summed E-state index contributed by atoms with van der Waals surface area (Å²) in [6.45, 7) is 0. The summed E-state index contributed by atoms with van der Waals surface area (Å²) < 4.78 is 0. The molecule has 7 heteroatoms. The second kappa shape index (κ2) is 5.92. The van der Waals surface area contributed by atoms with Crippen molar-refractivity contribution < 1.29 is 9.72 Å². The van der Waals surface area contributed by atoms with Crippen LogP contribution in [0.1, 0.15) is 23.2 Å². The number of hydrogen-bond donors (Lipinski definition) is 2. The molecular formula is C12H15N3O3S. The molecule has 0 unspecified atom stereocenters. The average molecular weight is 281 g/mol. The van der Waals surface area contributed by atoms with Crippen LogP contribution in [0, 0.1) is 10.1 Å². The van der Waals surface area contributed by atoms with Crippen molar-refractivity contribution in [3.63, 3.8) is 0 Å². The highest BCUT2D eigenvalue weighted by Gasteiger charge is 2.20. The topological polar surface area (TPSA) is 98.3 Å². The van der Waals surface area contributed by atoms with E-state index in [1.54, 1.807) is 6.07 Å². The number of nitrogens with one attached hydrogen (secondary N) is 1. The molecule has 0 spiro atoms. The fourth-order valence-corrected chi connectivity index (χ4v) is 3.13. The van der Waals surface area contributed by atoms with Crippen molar-refractivity contribution in [1.29, 1.82) is 0 Å². The number of nitro benzene ring substituents is 1. The van der Waals surface area contributed by atoms with Gasteiger partial charge in [0.2, 0.25) is 5.91 Å². The summed E-state index contributed by atoms with van der Waals surface area (Å²) in [5, 5.41) is 14.2. The van der Waals surface area contributed by atoms with E-state index in [1.165, 1.54) is 12.1 Å². The number of primary amides is 1. The standard InChI is InChI=1S/C12H15N3O3S/c13-12(16)8-1-2-10(11(7-8)15(17)18)14-9-3-5-19-6-4-9/h1-2,7,9,14H,3-6H2,(H2,13,16). The Kier molecular flexibility index (Phi) is 4.26. The van der Waals surface area contributed by atoms with Crippen LogP contribution in [-0.2, 0) is 0 Å². The first-order valence-electron chi connectivity index (χ1n) is 6.00. The van der Waals surface area contributed by atoms with Gasteiger partial charge in [0.25, 0.3) is 5.69 Å². The van der Waals surface area contributed by atoms with Gasteiger partial charge in [-0.3, -0.25) is 14.9 Å². The van der Waals surface area contributed by atoms with Gasteiger partial charge >= 0.3 is 0 Å². The van der Waals surface area contributed by atoms with E-state index in [-0.39, 0.29) is 17.3 Å². The van der Waals surface area contributed by atoms with Crippen LogP contribution in [0.4, 0.5) is 11.4 Å². The normalized spacial score (nSPS) is 16.0. The molecule has 1 fully saturated rings. The van der Waals surface area contributed by atoms with E-state index in [4.69, 9.17) is 5.73 Å². The van der Waals surface area contributed by atoms with Gasteiger partial charge in [-0.05, 0) is 36.5 Å². The fourth-order valence-electron chi connectivity index (χ4n) is 2.02. The van der Waals surface area contributed by atoms with Gasteiger partial charge < -0.3 is 11.1 Å². The molecule has 102 valence electrons. The summed E-state index contributed by atoms with van der Waals surface area (Å²) in [6, 6.07) is 4.54. The van der Waals surface area contributed by atoms with Crippen LogP contribution >= 0.6 is 11.8 Å². The molecule has 1 aromatic carbocycles. The SMILES string of the molecule is NC(=O)c1ccc(NC2CCSCC2)c([N+](=O)[O-])c1. The second-order valence-corrected chi connectivity index (χ2v) is 5.61.